The third-order valence-corrected chi connectivity index (χ3v) is 7.20. The van der Waals surface area contributed by atoms with E-state index < -0.39 is 0 Å². The molecule has 26 heavy (non-hydrogen) atoms. The molecule has 1 spiro atoms. The average Bonchev–Trinajstić information content (AvgIpc) is 3.03. The Morgan fingerprint density at radius 1 is 1.35 bits per heavy atom. The van der Waals surface area contributed by atoms with Crippen LogP contribution in [0.1, 0.15) is 47.3 Å². The van der Waals surface area contributed by atoms with E-state index in [-0.39, 0.29) is 23.3 Å². The lowest BCUT2D eigenvalue weighted by Crippen LogP contribution is -2.47. The Morgan fingerprint density at radius 3 is 2.96 bits per heavy atom. The number of hydrogen-bond acceptors (Lipinski definition) is 5. The first kappa shape index (κ1) is 16.4. The second-order valence-electron chi connectivity index (χ2n) is 8.14. The SMILES string of the molecule is Cc1ccc(CN2CCC3(CCn4ncnc4C3NC(=O)C3CC3)C2)s1. The number of rotatable bonds is 4. The number of aryl methyl sites for hydroxylation is 2. The lowest BCUT2D eigenvalue weighted by atomic mass is 9.74. The standard InChI is InChI=1S/C19H25N5OS/c1-13-2-5-15(26-13)10-23-8-6-19(11-23)7-9-24-17(20-12-21-24)16(19)22-18(25)14-3-4-14/h2,5,12,14,16H,3-4,6-11H2,1H3,(H,22,25). The van der Waals surface area contributed by atoms with Crippen molar-refractivity contribution in [2.45, 2.75) is 51.7 Å². The predicted octanol–water partition coefficient (Wildman–Crippen LogP) is 2.51. The summed E-state index contributed by atoms with van der Waals surface area (Å²) in [5, 5.41) is 7.72. The summed E-state index contributed by atoms with van der Waals surface area (Å²) in [6.07, 6.45) is 5.86. The van der Waals surface area contributed by atoms with Gasteiger partial charge in [0.2, 0.25) is 5.91 Å². The number of amides is 1. The molecule has 0 radical (unpaired) electrons. The molecule has 1 saturated heterocycles. The van der Waals surface area contributed by atoms with Crippen molar-refractivity contribution in [2.75, 3.05) is 13.1 Å². The van der Waals surface area contributed by atoms with Gasteiger partial charge in [-0.2, -0.15) is 5.10 Å². The molecule has 1 amide bonds. The molecule has 1 aliphatic carbocycles. The van der Waals surface area contributed by atoms with Crippen molar-refractivity contribution in [3.05, 3.63) is 34.0 Å². The largest absolute Gasteiger partial charge is 0.345 e. The van der Waals surface area contributed by atoms with Crippen molar-refractivity contribution in [1.29, 1.82) is 0 Å². The summed E-state index contributed by atoms with van der Waals surface area (Å²) < 4.78 is 1.98. The molecule has 3 aliphatic rings. The van der Waals surface area contributed by atoms with Gasteiger partial charge in [-0.05, 0) is 51.3 Å². The molecule has 5 rings (SSSR count). The molecular weight excluding hydrogens is 346 g/mol. The number of carbonyl (C=O) groups excluding carboxylic acids is 1. The van der Waals surface area contributed by atoms with Crippen LogP contribution in [0.4, 0.5) is 0 Å². The number of fused-ring (bicyclic) bond motifs is 1. The lowest BCUT2D eigenvalue weighted by molar-refractivity contribution is -0.124. The number of carbonyl (C=O) groups is 1. The van der Waals surface area contributed by atoms with Crippen LogP contribution in [-0.2, 0) is 17.9 Å². The molecule has 0 bridgehead atoms. The van der Waals surface area contributed by atoms with Crippen molar-refractivity contribution in [1.82, 2.24) is 25.0 Å². The van der Waals surface area contributed by atoms with Gasteiger partial charge in [0.1, 0.15) is 12.2 Å². The summed E-state index contributed by atoms with van der Waals surface area (Å²) >= 11 is 1.89. The van der Waals surface area contributed by atoms with Gasteiger partial charge in [0.15, 0.2) is 0 Å². The van der Waals surface area contributed by atoms with E-state index in [1.165, 1.54) is 9.75 Å². The first-order chi connectivity index (χ1) is 12.6. The smallest absolute Gasteiger partial charge is 0.223 e. The van der Waals surface area contributed by atoms with E-state index in [4.69, 9.17) is 0 Å². The van der Waals surface area contributed by atoms with Crippen LogP contribution in [0.3, 0.4) is 0 Å². The molecule has 2 aliphatic heterocycles. The zero-order chi connectivity index (χ0) is 17.7. The maximum absolute atomic E-state index is 12.5. The van der Waals surface area contributed by atoms with E-state index in [2.05, 4.69) is 39.4 Å². The van der Waals surface area contributed by atoms with Crippen LogP contribution < -0.4 is 5.32 Å². The van der Waals surface area contributed by atoms with Gasteiger partial charge in [0.25, 0.3) is 0 Å². The highest BCUT2D eigenvalue weighted by Gasteiger charge is 2.50. The topological polar surface area (TPSA) is 63.1 Å². The summed E-state index contributed by atoms with van der Waals surface area (Å²) in [5.41, 5.74) is 0.0832. The van der Waals surface area contributed by atoms with Crippen molar-refractivity contribution in [3.8, 4) is 0 Å². The van der Waals surface area contributed by atoms with Crippen LogP contribution >= 0.6 is 11.3 Å². The zero-order valence-corrected chi connectivity index (χ0v) is 16.0. The minimum atomic E-state index is -0.0121. The summed E-state index contributed by atoms with van der Waals surface area (Å²) in [6, 6.07) is 4.43. The molecule has 138 valence electrons. The van der Waals surface area contributed by atoms with Gasteiger partial charge < -0.3 is 5.32 Å². The van der Waals surface area contributed by atoms with Crippen molar-refractivity contribution in [2.24, 2.45) is 11.3 Å². The van der Waals surface area contributed by atoms with Crippen molar-refractivity contribution >= 4 is 17.2 Å². The number of aromatic nitrogens is 3. The van der Waals surface area contributed by atoms with E-state index in [1.807, 2.05) is 16.0 Å². The maximum atomic E-state index is 12.5. The highest BCUT2D eigenvalue weighted by Crippen LogP contribution is 2.48. The van der Waals surface area contributed by atoms with Crippen LogP contribution in [0.2, 0.25) is 0 Å². The molecule has 2 fully saturated rings. The van der Waals surface area contributed by atoms with Gasteiger partial charge in [0.05, 0.1) is 6.04 Å². The maximum Gasteiger partial charge on any atom is 0.223 e. The van der Waals surface area contributed by atoms with Gasteiger partial charge >= 0.3 is 0 Å². The van der Waals surface area contributed by atoms with E-state index >= 15 is 0 Å². The number of hydrogen-bond donors (Lipinski definition) is 1. The van der Waals surface area contributed by atoms with Crippen molar-refractivity contribution in [3.63, 3.8) is 0 Å². The van der Waals surface area contributed by atoms with E-state index in [0.29, 0.717) is 0 Å². The second kappa shape index (κ2) is 6.16. The summed E-state index contributed by atoms with van der Waals surface area (Å²) in [7, 11) is 0. The van der Waals surface area contributed by atoms with Crippen molar-refractivity contribution < 1.29 is 4.79 Å². The first-order valence-corrected chi connectivity index (χ1v) is 10.4. The fraction of sp³-hybridized carbons (Fsp3) is 0.632. The monoisotopic (exact) mass is 371 g/mol. The van der Waals surface area contributed by atoms with Gasteiger partial charge in [-0.15, -0.1) is 11.3 Å². The van der Waals surface area contributed by atoms with Gasteiger partial charge in [-0.25, -0.2) is 9.67 Å². The summed E-state index contributed by atoms with van der Waals surface area (Å²) in [5.74, 6) is 1.37. The molecule has 0 aromatic carbocycles. The molecule has 1 saturated carbocycles. The normalized spacial score (nSPS) is 28.4. The van der Waals surface area contributed by atoms with Gasteiger partial charge in [-0.3, -0.25) is 9.69 Å². The number of nitrogens with zero attached hydrogens (tertiary/aromatic N) is 4. The molecule has 4 heterocycles. The molecule has 7 heteroatoms. The average molecular weight is 372 g/mol. The Balaban J connectivity index is 1.38. The molecule has 1 N–H and O–H groups in total. The molecular formula is C19H25N5OS. The van der Waals surface area contributed by atoms with Crippen LogP contribution in [0.5, 0.6) is 0 Å². The molecule has 2 unspecified atom stereocenters. The fourth-order valence-electron chi connectivity index (χ4n) is 4.59. The second-order valence-corrected chi connectivity index (χ2v) is 9.52. The Labute approximate surface area is 157 Å². The summed E-state index contributed by atoms with van der Waals surface area (Å²) in [4.78, 5) is 22.4. The Kier molecular flexibility index (Phi) is 3.90. The van der Waals surface area contributed by atoms with E-state index in [0.717, 1.165) is 57.7 Å². The quantitative estimate of drug-likeness (QED) is 0.897. The van der Waals surface area contributed by atoms with E-state index in [1.54, 1.807) is 6.33 Å². The Morgan fingerprint density at radius 2 is 2.19 bits per heavy atom. The van der Waals surface area contributed by atoms with Crippen LogP contribution in [0, 0.1) is 18.3 Å². The highest BCUT2D eigenvalue weighted by molar-refractivity contribution is 7.11. The lowest BCUT2D eigenvalue weighted by Gasteiger charge is -2.41. The van der Waals surface area contributed by atoms with Crippen LogP contribution in [0.15, 0.2) is 18.5 Å². The number of likely N-dealkylation sites (tertiary alicyclic amines) is 1. The minimum Gasteiger partial charge on any atom is -0.345 e. The highest BCUT2D eigenvalue weighted by atomic mass is 32.1. The predicted molar refractivity (Wildman–Crippen MR) is 99.6 cm³/mol. The fourth-order valence-corrected chi connectivity index (χ4v) is 5.52. The Bertz CT molecular complexity index is 826. The minimum absolute atomic E-state index is 0.0121. The van der Waals surface area contributed by atoms with Gasteiger partial charge in [-0.1, -0.05) is 0 Å². The Hall–Kier alpha value is -1.73. The van der Waals surface area contributed by atoms with Crippen LogP contribution in [0.25, 0.3) is 0 Å². The molecule has 6 nitrogen and oxygen atoms in total. The molecule has 2 aromatic heterocycles. The molecule has 2 atom stereocenters. The third-order valence-electron chi connectivity index (χ3n) is 6.21. The third kappa shape index (κ3) is 2.87. The van der Waals surface area contributed by atoms with Crippen LogP contribution in [-0.4, -0.2) is 38.7 Å². The number of nitrogens with one attached hydrogen (secondary N) is 1. The van der Waals surface area contributed by atoms with Gasteiger partial charge in [0, 0.05) is 40.7 Å². The summed E-state index contributed by atoms with van der Waals surface area (Å²) in [6.45, 7) is 6.18. The molecule has 2 aromatic rings. The van der Waals surface area contributed by atoms with E-state index in [9.17, 15) is 4.79 Å². The number of thiophene rings is 1. The zero-order valence-electron chi connectivity index (χ0n) is 15.1. The first-order valence-electron chi connectivity index (χ1n) is 9.59.